The summed E-state index contributed by atoms with van der Waals surface area (Å²) in [6.07, 6.45) is 1.53. The molecule has 76 valence electrons. The minimum atomic E-state index is -0.178. The summed E-state index contributed by atoms with van der Waals surface area (Å²) in [5.41, 5.74) is 1.32. The van der Waals surface area contributed by atoms with Gasteiger partial charge in [-0.25, -0.2) is 4.39 Å². The summed E-state index contributed by atoms with van der Waals surface area (Å²) < 4.78 is 12.5. The fourth-order valence-corrected chi connectivity index (χ4v) is 0.595. The molecule has 0 atom stereocenters. The molecule has 1 aromatic heterocycles. The van der Waals surface area contributed by atoms with Crippen LogP contribution >= 0.6 is 0 Å². The first kappa shape index (κ1) is 14.6. The van der Waals surface area contributed by atoms with Crippen molar-refractivity contribution in [3.8, 4) is 0 Å². The van der Waals surface area contributed by atoms with Crippen molar-refractivity contribution in [3.63, 3.8) is 0 Å². The third-order valence-electron chi connectivity index (χ3n) is 1.17. The number of hydrogen-bond acceptors (Lipinski definition) is 1. The van der Waals surface area contributed by atoms with Crippen LogP contribution < -0.4 is 0 Å². The van der Waals surface area contributed by atoms with E-state index in [4.69, 9.17) is 0 Å². The fourth-order valence-electron chi connectivity index (χ4n) is 0.595. The van der Waals surface area contributed by atoms with Gasteiger partial charge in [-0.1, -0.05) is 27.7 Å². The van der Waals surface area contributed by atoms with Gasteiger partial charge in [-0.05, 0) is 19.9 Å². The monoisotopic (exact) mass is 185 g/mol. The molecule has 0 amide bonds. The lowest BCUT2D eigenvalue weighted by molar-refractivity contribution is 0.614. The Morgan fingerprint density at radius 3 is 1.85 bits per heavy atom. The van der Waals surface area contributed by atoms with E-state index in [9.17, 15) is 4.39 Å². The van der Waals surface area contributed by atoms with Gasteiger partial charge in [0.1, 0.15) is 5.82 Å². The molecule has 1 rings (SSSR count). The lowest BCUT2D eigenvalue weighted by atomic mass is 10.3. The van der Waals surface area contributed by atoms with E-state index in [0.717, 1.165) is 5.69 Å². The number of aromatic nitrogens is 1. The van der Waals surface area contributed by atoms with E-state index in [1.807, 2.05) is 27.7 Å². The summed E-state index contributed by atoms with van der Waals surface area (Å²) in [5, 5.41) is 0. The lowest BCUT2D eigenvalue weighted by Crippen LogP contribution is -1.86. The van der Waals surface area contributed by atoms with Crippen LogP contribution in [0.15, 0.2) is 12.3 Å². The van der Waals surface area contributed by atoms with Crippen LogP contribution in [0, 0.1) is 19.7 Å². The molecule has 0 aromatic carbocycles. The number of pyridine rings is 1. The molecule has 2 heteroatoms. The molecule has 0 aliphatic carbocycles. The van der Waals surface area contributed by atoms with Crippen molar-refractivity contribution >= 4 is 0 Å². The standard InChI is InChI=1S/C7H8FN.2C2H6/c1-5-4-9-6(2)3-7(5)8;2*1-2/h3-4H,1-2H3;2*1-2H3. The highest BCUT2D eigenvalue weighted by atomic mass is 19.1. The Morgan fingerprint density at radius 1 is 1.08 bits per heavy atom. The molecular formula is C11H20FN. The van der Waals surface area contributed by atoms with E-state index in [1.54, 1.807) is 13.8 Å². The Kier molecular flexibility index (Phi) is 10.3. The van der Waals surface area contributed by atoms with E-state index < -0.39 is 0 Å². The van der Waals surface area contributed by atoms with Crippen LogP contribution in [0.4, 0.5) is 4.39 Å². The highest BCUT2D eigenvalue weighted by Gasteiger charge is 1.94. The molecule has 0 spiro atoms. The lowest BCUT2D eigenvalue weighted by Gasteiger charge is -1.94. The Hall–Kier alpha value is -0.920. The van der Waals surface area contributed by atoms with Gasteiger partial charge in [0, 0.05) is 17.5 Å². The largest absolute Gasteiger partial charge is 0.261 e. The highest BCUT2D eigenvalue weighted by molar-refractivity contribution is 5.13. The minimum absolute atomic E-state index is 0.178. The summed E-state index contributed by atoms with van der Waals surface area (Å²) in [5.74, 6) is -0.178. The molecule has 0 aliphatic heterocycles. The van der Waals surface area contributed by atoms with Gasteiger partial charge < -0.3 is 0 Å². The van der Waals surface area contributed by atoms with Crippen molar-refractivity contribution in [2.75, 3.05) is 0 Å². The molecule has 0 bridgehead atoms. The van der Waals surface area contributed by atoms with Crippen LogP contribution in [0.25, 0.3) is 0 Å². The summed E-state index contributed by atoms with van der Waals surface area (Å²) in [4.78, 5) is 3.90. The normalized spacial score (nSPS) is 7.62. The number of aryl methyl sites for hydroxylation is 2. The number of nitrogens with zero attached hydrogens (tertiary/aromatic N) is 1. The van der Waals surface area contributed by atoms with Crippen LogP contribution in [-0.4, -0.2) is 4.98 Å². The molecule has 0 saturated heterocycles. The maximum absolute atomic E-state index is 12.5. The van der Waals surface area contributed by atoms with Crippen LogP contribution in [0.3, 0.4) is 0 Å². The molecule has 0 aliphatic rings. The van der Waals surface area contributed by atoms with Gasteiger partial charge in [0.25, 0.3) is 0 Å². The van der Waals surface area contributed by atoms with Crippen LogP contribution in [0.1, 0.15) is 39.0 Å². The van der Waals surface area contributed by atoms with Crippen molar-refractivity contribution in [2.24, 2.45) is 0 Å². The number of rotatable bonds is 0. The van der Waals surface area contributed by atoms with Gasteiger partial charge >= 0.3 is 0 Å². The Bertz CT molecular complexity index is 221. The fraction of sp³-hybridized carbons (Fsp3) is 0.545. The zero-order valence-corrected chi connectivity index (χ0v) is 9.48. The summed E-state index contributed by atoms with van der Waals surface area (Å²) in [7, 11) is 0. The highest BCUT2D eigenvalue weighted by Crippen LogP contribution is 2.03. The summed E-state index contributed by atoms with van der Waals surface area (Å²) >= 11 is 0. The smallest absolute Gasteiger partial charge is 0.129 e. The number of hydrogen-bond donors (Lipinski definition) is 0. The van der Waals surface area contributed by atoms with E-state index >= 15 is 0 Å². The average molecular weight is 185 g/mol. The average Bonchev–Trinajstić information content (AvgIpc) is 2.18. The first-order chi connectivity index (χ1) is 6.20. The van der Waals surface area contributed by atoms with Crippen LogP contribution in [0.2, 0.25) is 0 Å². The summed E-state index contributed by atoms with van der Waals surface area (Å²) in [6, 6.07) is 1.43. The molecule has 0 unspecified atom stereocenters. The van der Waals surface area contributed by atoms with Gasteiger partial charge in [0.05, 0.1) is 0 Å². The SMILES string of the molecule is CC.CC.Cc1cc(F)c(C)cn1. The second-order valence-corrected chi connectivity index (χ2v) is 2.07. The molecule has 13 heavy (non-hydrogen) atoms. The van der Waals surface area contributed by atoms with Crippen molar-refractivity contribution in [2.45, 2.75) is 41.5 Å². The Morgan fingerprint density at radius 2 is 1.54 bits per heavy atom. The van der Waals surface area contributed by atoms with Crippen molar-refractivity contribution in [1.29, 1.82) is 0 Å². The maximum atomic E-state index is 12.5. The Balaban J connectivity index is 0. The predicted octanol–water partition coefficient (Wildman–Crippen LogP) is 3.89. The topological polar surface area (TPSA) is 12.9 Å². The maximum Gasteiger partial charge on any atom is 0.129 e. The predicted molar refractivity (Wildman–Crippen MR) is 56.4 cm³/mol. The van der Waals surface area contributed by atoms with E-state index in [-0.39, 0.29) is 5.82 Å². The molecular weight excluding hydrogens is 165 g/mol. The first-order valence-electron chi connectivity index (χ1n) is 4.79. The van der Waals surface area contributed by atoms with Gasteiger partial charge in [-0.3, -0.25) is 4.98 Å². The molecule has 1 aromatic rings. The van der Waals surface area contributed by atoms with Gasteiger partial charge in [0.2, 0.25) is 0 Å². The number of halogens is 1. The summed E-state index contributed by atoms with van der Waals surface area (Å²) in [6.45, 7) is 11.5. The molecule has 0 N–H and O–H groups in total. The molecule has 0 saturated carbocycles. The second kappa shape index (κ2) is 9.17. The molecule has 0 radical (unpaired) electrons. The first-order valence-corrected chi connectivity index (χ1v) is 4.79. The minimum Gasteiger partial charge on any atom is -0.261 e. The van der Waals surface area contributed by atoms with Crippen LogP contribution in [-0.2, 0) is 0 Å². The molecule has 1 heterocycles. The van der Waals surface area contributed by atoms with Gasteiger partial charge in [-0.15, -0.1) is 0 Å². The third-order valence-corrected chi connectivity index (χ3v) is 1.17. The van der Waals surface area contributed by atoms with Gasteiger partial charge in [0.15, 0.2) is 0 Å². The molecule has 1 nitrogen and oxygen atoms in total. The van der Waals surface area contributed by atoms with Crippen molar-refractivity contribution < 1.29 is 4.39 Å². The van der Waals surface area contributed by atoms with Gasteiger partial charge in [-0.2, -0.15) is 0 Å². The zero-order chi connectivity index (χ0) is 10.9. The quantitative estimate of drug-likeness (QED) is 0.597. The third kappa shape index (κ3) is 6.26. The van der Waals surface area contributed by atoms with Crippen molar-refractivity contribution in [1.82, 2.24) is 4.98 Å². The second-order valence-electron chi connectivity index (χ2n) is 2.07. The van der Waals surface area contributed by atoms with Crippen molar-refractivity contribution in [3.05, 3.63) is 29.3 Å². The molecule has 0 fully saturated rings. The zero-order valence-electron chi connectivity index (χ0n) is 9.48. The van der Waals surface area contributed by atoms with E-state index in [2.05, 4.69) is 4.98 Å². The Labute approximate surface area is 81.0 Å². The van der Waals surface area contributed by atoms with E-state index in [1.165, 1.54) is 12.3 Å². The van der Waals surface area contributed by atoms with Crippen LogP contribution in [0.5, 0.6) is 0 Å². The van der Waals surface area contributed by atoms with E-state index in [0.29, 0.717) is 5.56 Å².